The maximum atomic E-state index is 12.8. The fourth-order valence-electron chi connectivity index (χ4n) is 7.24. The van der Waals surface area contributed by atoms with Crippen LogP contribution in [0.15, 0.2) is 134 Å². The van der Waals surface area contributed by atoms with E-state index in [9.17, 15) is 14.4 Å². The Bertz CT molecular complexity index is 1510. The van der Waals surface area contributed by atoms with Crippen molar-refractivity contribution < 1.29 is 28.6 Å². The summed E-state index contributed by atoms with van der Waals surface area (Å²) in [7, 11) is 0. The van der Waals surface area contributed by atoms with Crippen molar-refractivity contribution in [3.8, 4) is 0 Å². The summed E-state index contributed by atoms with van der Waals surface area (Å²) in [5.74, 6) is -0.990. The lowest BCUT2D eigenvalue weighted by Crippen LogP contribution is -2.30. The van der Waals surface area contributed by atoms with Crippen molar-refractivity contribution >= 4 is 17.9 Å². The summed E-state index contributed by atoms with van der Waals surface area (Å²) in [6.07, 6.45) is 78.6. The zero-order chi connectivity index (χ0) is 50.0. The lowest BCUT2D eigenvalue weighted by atomic mass is 10.0. The van der Waals surface area contributed by atoms with Crippen LogP contribution in [0.5, 0.6) is 0 Å². The average molecular weight is 953 g/mol. The fraction of sp³-hybridized carbons (Fsp3) is 0.603. The molecule has 1 atom stereocenters. The van der Waals surface area contributed by atoms with Crippen LogP contribution in [0.4, 0.5) is 0 Å². The second kappa shape index (κ2) is 56.1. The van der Waals surface area contributed by atoms with Crippen molar-refractivity contribution in [1.29, 1.82) is 0 Å². The van der Waals surface area contributed by atoms with Crippen LogP contribution in [-0.4, -0.2) is 37.2 Å². The molecular formula is C63H100O6. The number of rotatable bonds is 48. The quantitative estimate of drug-likeness (QED) is 0.0199. The highest BCUT2D eigenvalue weighted by molar-refractivity contribution is 5.71. The van der Waals surface area contributed by atoms with Crippen LogP contribution in [0.2, 0.25) is 0 Å². The minimum Gasteiger partial charge on any atom is -0.462 e. The number of allylic oxidation sites excluding steroid dienone is 22. The molecular weight excluding hydrogens is 853 g/mol. The second-order valence-electron chi connectivity index (χ2n) is 17.9. The molecule has 0 bridgehead atoms. The number of hydrogen-bond donors (Lipinski definition) is 0. The van der Waals surface area contributed by atoms with E-state index in [0.29, 0.717) is 19.3 Å². The maximum Gasteiger partial charge on any atom is 0.306 e. The molecule has 0 aromatic rings. The first-order valence-corrected chi connectivity index (χ1v) is 27.8. The van der Waals surface area contributed by atoms with Gasteiger partial charge in [-0.15, -0.1) is 0 Å². The van der Waals surface area contributed by atoms with E-state index < -0.39 is 6.10 Å². The Balaban J connectivity index is 4.56. The van der Waals surface area contributed by atoms with Crippen LogP contribution in [-0.2, 0) is 28.6 Å². The van der Waals surface area contributed by atoms with E-state index in [4.69, 9.17) is 14.2 Å². The lowest BCUT2D eigenvalue weighted by molar-refractivity contribution is -0.167. The van der Waals surface area contributed by atoms with Gasteiger partial charge in [-0.3, -0.25) is 14.4 Å². The van der Waals surface area contributed by atoms with Gasteiger partial charge in [0.2, 0.25) is 0 Å². The van der Waals surface area contributed by atoms with Gasteiger partial charge in [-0.1, -0.05) is 264 Å². The zero-order valence-corrected chi connectivity index (χ0v) is 44.3. The van der Waals surface area contributed by atoms with Crippen molar-refractivity contribution in [2.24, 2.45) is 0 Å². The second-order valence-corrected chi connectivity index (χ2v) is 17.9. The van der Waals surface area contributed by atoms with E-state index in [1.54, 1.807) is 0 Å². The van der Waals surface area contributed by atoms with Gasteiger partial charge >= 0.3 is 17.9 Å². The molecule has 0 aromatic carbocycles. The third-order valence-electron chi connectivity index (χ3n) is 11.3. The molecule has 0 amide bonds. The summed E-state index contributed by atoms with van der Waals surface area (Å²) in [6.45, 7) is 6.31. The minimum absolute atomic E-state index is 0.109. The lowest BCUT2D eigenvalue weighted by Gasteiger charge is -2.18. The predicted molar refractivity (Wildman–Crippen MR) is 297 cm³/mol. The van der Waals surface area contributed by atoms with Crippen molar-refractivity contribution in [2.75, 3.05) is 13.2 Å². The van der Waals surface area contributed by atoms with Crippen LogP contribution in [0.3, 0.4) is 0 Å². The Morgan fingerprint density at radius 3 is 1.06 bits per heavy atom. The van der Waals surface area contributed by atoms with E-state index in [-0.39, 0.29) is 37.5 Å². The van der Waals surface area contributed by atoms with Crippen molar-refractivity contribution in [3.63, 3.8) is 0 Å². The molecule has 1 unspecified atom stereocenters. The van der Waals surface area contributed by atoms with Crippen LogP contribution >= 0.6 is 0 Å². The molecule has 388 valence electrons. The summed E-state index contributed by atoms with van der Waals surface area (Å²) < 4.78 is 16.8. The summed E-state index contributed by atoms with van der Waals surface area (Å²) >= 11 is 0. The molecule has 0 aliphatic heterocycles. The molecule has 0 N–H and O–H groups in total. The van der Waals surface area contributed by atoms with E-state index in [0.717, 1.165) is 96.3 Å². The number of ether oxygens (including phenoxy) is 3. The molecule has 0 saturated heterocycles. The molecule has 0 aliphatic carbocycles. The highest BCUT2D eigenvalue weighted by atomic mass is 16.6. The first-order valence-electron chi connectivity index (χ1n) is 27.8. The highest BCUT2D eigenvalue weighted by Crippen LogP contribution is 2.15. The van der Waals surface area contributed by atoms with Crippen LogP contribution in [0.25, 0.3) is 0 Å². The monoisotopic (exact) mass is 953 g/mol. The van der Waals surface area contributed by atoms with Gasteiger partial charge in [0.15, 0.2) is 6.10 Å². The Hall–Kier alpha value is -4.45. The average Bonchev–Trinajstić information content (AvgIpc) is 3.35. The zero-order valence-electron chi connectivity index (χ0n) is 44.3. The fourth-order valence-corrected chi connectivity index (χ4v) is 7.24. The Morgan fingerprint density at radius 2 is 0.638 bits per heavy atom. The summed E-state index contributed by atoms with van der Waals surface area (Å²) in [5, 5.41) is 0. The summed E-state index contributed by atoms with van der Waals surface area (Å²) in [5.41, 5.74) is 0. The first-order chi connectivity index (χ1) is 34.0. The topological polar surface area (TPSA) is 78.9 Å². The van der Waals surface area contributed by atoms with Gasteiger partial charge in [-0.05, 0) is 77.0 Å². The van der Waals surface area contributed by atoms with Gasteiger partial charge in [-0.2, -0.15) is 0 Å². The van der Waals surface area contributed by atoms with E-state index in [1.807, 2.05) is 72.9 Å². The molecule has 6 heteroatoms. The van der Waals surface area contributed by atoms with Gasteiger partial charge in [0, 0.05) is 19.3 Å². The molecule has 0 aliphatic rings. The van der Waals surface area contributed by atoms with E-state index >= 15 is 0 Å². The molecule has 0 aromatic heterocycles. The van der Waals surface area contributed by atoms with Gasteiger partial charge in [0.05, 0.1) is 0 Å². The third-order valence-corrected chi connectivity index (χ3v) is 11.3. The van der Waals surface area contributed by atoms with Gasteiger partial charge in [0.1, 0.15) is 13.2 Å². The number of carbonyl (C=O) groups excluding carboxylic acids is 3. The molecule has 6 nitrogen and oxygen atoms in total. The Kier molecular flexibility index (Phi) is 52.5. The summed E-state index contributed by atoms with van der Waals surface area (Å²) in [6, 6.07) is 0. The largest absolute Gasteiger partial charge is 0.462 e. The number of unbranched alkanes of at least 4 members (excludes halogenated alkanes) is 21. The van der Waals surface area contributed by atoms with E-state index in [1.165, 1.54) is 83.5 Å². The van der Waals surface area contributed by atoms with Gasteiger partial charge in [-0.25, -0.2) is 0 Å². The highest BCUT2D eigenvalue weighted by Gasteiger charge is 2.19. The molecule has 69 heavy (non-hydrogen) atoms. The smallest absolute Gasteiger partial charge is 0.306 e. The van der Waals surface area contributed by atoms with E-state index in [2.05, 4.69) is 81.5 Å². The number of carbonyl (C=O) groups is 3. The molecule has 0 rings (SSSR count). The van der Waals surface area contributed by atoms with Crippen molar-refractivity contribution in [1.82, 2.24) is 0 Å². The maximum absolute atomic E-state index is 12.8. The molecule has 0 saturated carbocycles. The first kappa shape index (κ1) is 64.5. The minimum atomic E-state index is -0.818. The molecule has 0 spiro atoms. The molecule has 0 radical (unpaired) electrons. The standard InChI is InChI=1S/C63H100O6/c1-4-7-10-13-16-19-22-25-28-31-32-33-36-38-41-44-47-50-53-56-62(65)68-59-60(69-63(66)57-54-51-48-45-42-39-35-30-27-24-21-18-15-12-9-6-3)58-67-61(64)55-52-49-46-43-40-37-34-29-26-23-20-17-14-11-8-5-2/h7,9-10,12-13,16,18-19,21-22,25,27-28,30-33,36,38-39,41-42,60H,4-6,8,11,14-15,17,20,23-24,26,29,34-35,37,40,43-59H2,1-3H3/b10-7-,12-9-,16-13-,21-18-,22-19-,28-25-,30-27-,32-31+,36-33-,41-38-,42-39-. The normalized spacial score (nSPS) is 13.1. The van der Waals surface area contributed by atoms with Crippen LogP contribution in [0.1, 0.15) is 226 Å². The number of esters is 3. The van der Waals surface area contributed by atoms with Crippen molar-refractivity contribution in [3.05, 3.63) is 134 Å². The molecule has 0 heterocycles. The number of hydrogen-bond acceptors (Lipinski definition) is 6. The Morgan fingerprint density at radius 1 is 0.319 bits per heavy atom. The van der Waals surface area contributed by atoms with Gasteiger partial charge < -0.3 is 14.2 Å². The van der Waals surface area contributed by atoms with Gasteiger partial charge in [0.25, 0.3) is 0 Å². The SMILES string of the molecule is CC\C=C/C=C\C=C/C=C\C=C\C=C/C=C\CCCCCC(=O)OCC(COC(=O)CCCCCCCCCCCCCCCCCC)OC(=O)CCCCC/C=C\C/C=C\C/C=C\C/C=C\CC. The summed E-state index contributed by atoms with van der Waals surface area (Å²) in [4.78, 5) is 38.1. The molecule has 0 fully saturated rings. The van der Waals surface area contributed by atoms with Crippen molar-refractivity contribution in [2.45, 2.75) is 232 Å². The predicted octanol–water partition coefficient (Wildman–Crippen LogP) is 18.6. The Labute approximate surface area is 424 Å². The van der Waals surface area contributed by atoms with Crippen LogP contribution < -0.4 is 0 Å². The third kappa shape index (κ3) is 54.4. The van der Waals surface area contributed by atoms with Crippen LogP contribution in [0, 0.1) is 0 Å².